The molecule has 0 bridgehead atoms. The maximum Gasteiger partial charge on any atom is 0.416 e. The molecule has 20 heavy (non-hydrogen) atoms. The number of carbonyl (C=O) groups is 1. The third-order valence-corrected chi connectivity index (χ3v) is 3.59. The molecule has 0 heterocycles. The summed E-state index contributed by atoms with van der Waals surface area (Å²) in [7, 11) is 0. The van der Waals surface area contributed by atoms with Crippen LogP contribution in [0.1, 0.15) is 41.6 Å². The molecule has 110 valence electrons. The van der Waals surface area contributed by atoms with Crippen molar-refractivity contribution < 1.29 is 23.1 Å². The molecule has 1 aromatic rings. The molecule has 0 radical (unpaired) electrons. The topological polar surface area (TPSA) is 49.3 Å². The SMILES string of the molecule is O=C(NCC1(O)CCCC1)c1ccc(C(F)(F)F)cc1. The molecule has 0 aromatic heterocycles. The van der Waals surface area contributed by atoms with Crippen LogP contribution in [0.2, 0.25) is 0 Å². The van der Waals surface area contributed by atoms with Gasteiger partial charge in [0.15, 0.2) is 0 Å². The van der Waals surface area contributed by atoms with Crippen molar-refractivity contribution in [3.8, 4) is 0 Å². The van der Waals surface area contributed by atoms with Crippen molar-refractivity contribution in [2.24, 2.45) is 0 Å². The van der Waals surface area contributed by atoms with Crippen molar-refractivity contribution >= 4 is 5.91 Å². The second-order valence-electron chi connectivity index (χ2n) is 5.19. The Morgan fingerprint density at radius 2 is 1.75 bits per heavy atom. The summed E-state index contributed by atoms with van der Waals surface area (Å²) in [6, 6.07) is 4.02. The zero-order valence-electron chi connectivity index (χ0n) is 10.8. The van der Waals surface area contributed by atoms with Gasteiger partial charge in [0.2, 0.25) is 0 Å². The van der Waals surface area contributed by atoms with E-state index in [2.05, 4.69) is 5.32 Å². The molecule has 3 nitrogen and oxygen atoms in total. The predicted octanol–water partition coefficient (Wildman–Crippen LogP) is 2.74. The van der Waals surface area contributed by atoms with E-state index < -0.39 is 23.2 Å². The van der Waals surface area contributed by atoms with Gasteiger partial charge in [-0.2, -0.15) is 13.2 Å². The first-order valence-electron chi connectivity index (χ1n) is 6.48. The van der Waals surface area contributed by atoms with Gasteiger partial charge in [0.05, 0.1) is 11.2 Å². The van der Waals surface area contributed by atoms with Gasteiger partial charge in [-0.1, -0.05) is 12.8 Å². The molecule has 1 aliphatic carbocycles. The number of halogens is 3. The molecule has 0 aliphatic heterocycles. The highest BCUT2D eigenvalue weighted by atomic mass is 19.4. The van der Waals surface area contributed by atoms with Crippen LogP contribution >= 0.6 is 0 Å². The van der Waals surface area contributed by atoms with Crippen molar-refractivity contribution in [1.82, 2.24) is 5.32 Å². The number of nitrogens with one attached hydrogen (secondary N) is 1. The zero-order valence-corrected chi connectivity index (χ0v) is 10.8. The van der Waals surface area contributed by atoms with Gasteiger partial charge in [0.1, 0.15) is 0 Å². The first kappa shape index (κ1) is 14.8. The summed E-state index contributed by atoms with van der Waals surface area (Å²) >= 11 is 0. The summed E-state index contributed by atoms with van der Waals surface area (Å²) in [5.41, 5.74) is -1.51. The molecule has 1 aliphatic rings. The third-order valence-electron chi connectivity index (χ3n) is 3.59. The minimum atomic E-state index is -4.41. The van der Waals surface area contributed by atoms with E-state index in [9.17, 15) is 23.1 Å². The Labute approximate surface area is 114 Å². The van der Waals surface area contributed by atoms with Gasteiger partial charge in [-0.05, 0) is 37.1 Å². The molecule has 0 unspecified atom stereocenters. The van der Waals surface area contributed by atoms with Gasteiger partial charge in [-0.25, -0.2) is 0 Å². The summed E-state index contributed by atoms with van der Waals surface area (Å²) < 4.78 is 37.2. The normalized spacial score (nSPS) is 18.0. The Bertz CT molecular complexity index is 476. The molecule has 0 saturated heterocycles. The number of alkyl halides is 3. The van der Waals surface area contributed by atoms with Gasteiger partial charge in [0.25, 0.3) is 5.91 Å². The predicted molar refractivity (Wildman–Crippen MR) is 67.2 cm³/mol. The van der Waals surface area contributed by atoms with Crippen molar-refractivity contribution in [1.29, 1.82) is 0 Å². The third kappa shape index (κ3) is 3.50. The van der Waals surface area contributed by atoms with Gasteiger partial charge in [-0.15, -0.1) is 0 Å². The molecule has 1 amide bonds. The Morgan fingerprint density at radius 3 is 2.25 bits per heavy atom. The molecule has 1 aromatic carbocycles. The van der Waals surface area contributed by atoms with Crippen LogP contribution in [0.25, 0.3) is 0 Å². The van der Waals surface area contributed by atoms with Crippen molar-refractivity contribution in [2.75, 3.05) is 6.54 Å². The maximum atomic E-state index is 12.4. The molecule has 2 rings (SSSR count). The second kappa shape index (κ2) is 5.44. The van der Waals surface area contributed by atoms with Crippen LogP contribution in [-0.2, 0) is 6.18 Å². The highest BCUT2D eigenvalue weighted by Gasteiger charge is 2.32. The van der Waals surface area contributed by atoms with Crippen LogP contribution in [0.3, 0.4) is 0 Å². The van der Waals surface area contributed by atoms with E-state index >= 15 is 0 Å². The highest BCUT2D eigenvalue weighted by Crippen LogP contribution is 2.30. The van der Waals surface area contributed by atoms with E-state index in [0.717, 1.165) is 37.1 Å². The fourth-order valence-electron chi connectivity index (χ4n) is 2.37. The van der Waals surface area contributed by atoms with E-state index in [-0.39, 0.29) is 12.1 Å². The Balaban J connectivity index is 1.96. The summed E-state index contributed by atoms with van der Waals surface area (Å²) in [5, 5.41) is 12.6. The van der Waals surface area contributed by atoms with Gasteiger partial charge < -0.3 is 10.4 Å². The Kier molecular flexibility index (Phi) is 4.04. The number of carbonyl (C=O) groups excluding carboxylic acids is 1. The zero-order chi connectivity index (χ0) is 14.8. The van der Waals surface area contributed by atoms with Crippen LogP contribution in [0, 0.1) is 0 Å². The van der Waals surface area contributed by atoms with Crippen LogP contribution < -0.4 is 5.32 Å². The molecule has 2 N–H and O–H groups in total. The van der Waals surface area contributed by atoms with Crippen molar-refractivity contribution in [3.63, 3.8) is 0 Å². The van der Waals surface area contributed by atoms with Crippen molar-refractivity contribution in [3.05, 3.63) is 35.4 Å². The number of benzene rings is 1. The fraction of sp³-hybridized carbons (Fsp3) is 0.500. The number of hydrogen-bond acceptors (Lipinski definition) is 2. The Morgan fingerprint density at radius 1 is 1.20 bits per heavy atom. The quantitative estimate of drug-likeness (QED) is 0.898. The summed E-state index contributed by atoms with van der Waals surface area (Å²) in [4.78, 5) is 11.8. The van der Waals surface area contributed by atoms with E-state index in [1.165, 1.54) is 0 Å². The van der Waals surface area contributed by atoms with E-state index in [1.54, 1.807) is 0 Å². The molecule has 0 spiro atoms. The number of rotatable bonds is 3. The number of aliphatic hydroxyl groups is 1. The van der Waals surface area contributed by atoms with Crippen molar-refractivity contribution in [2.45, 2.75) is 37.5 Å². The molecular weight excluding hydrogens is 271 g/mol. The summed E-state index contributed by atoms with van der Waals surface area (Å²) in [6.07, 6.45) is -1.28. The molecule has 0 atom stereocenters. The van der Waals surface area contributed by atoms with Crippen LogP contribution in [-0.4, -0.2) is 23.2 Å². The standard InChI is InChI=1S/C14H16F3NO2/c15-14(16,17)11-5-3-10(4-6-11)12(19)18-9-13(20)7-1-2-8-13/h3-6,20H,1-2,7-9H2,(H,18,19). The molecule has 1 fully saturated rings. The number of amides is 1. The average Bonchev–Trinajstić information content (AvgIpc) is 2.83. The molecule has 1 saturated carbocycles. The largest absolute Gasteiger partial charge is 0.416 e. The maximum absolute atomic E-state index is 12.4. The molecular formula is C14H16F3NO2. The summed E-state index contributed by atoms with van der Waals surface area (Å²) in [5.74, 6) is -0.473. The van der Waals surface area contributed by atoms with Gasteiger partial charge in [-0.3, -0.25) is 4.79 Å². The lowest BCUT2D eigenvalue weighted by Crippen LogP contribution is -2.40. The van der Waals surface area contributed by atoms with Crippen LogP contribution in [0.4, 0.5) is 13.2 Å². The lowest BCUT2D eigenvalue weighted by Gasteiger charge is -2.22. The minimum Gasteiger partial charge on any atom is -0.388 e. The lowest BCUT2D eigenvalue weighted by atomic mass is 10.0. The first-order valence-corrected chi connectivity index (χ1v) is 6.48. The number of hydrogen-bond donors (Lipinski definition) is 2. The fourth-order valence-corrected chi connectivity index (χ4v) is 2.37. The lowest BCUT2D eigenvalue weighted by molar-refractivity contribution is -0.137. The second-order valence-corrected chi connectivity index (χ2v) is 5.19. The summed E-state index contributed by atoms with van der Waals surface area (Å²) in [6.45, 7) is 0.132. The minimum absolute atomic E-state index is 0.132. The van der Waals surface area contributed by atoms with Gasteiger partial charge >= 0.3 is 6.18 Å². The monoisotopic (exact) mass is 287 g/mol. The van der Waals surface area contributed by atoms with Crippen LogP contribution in [0.5, 0.6) is 0 Å². The highest BCUT2D eigenvalue weighted by molar-refractivity contribution is 5.94. The smallest absolute Gasteiger partial charge is 0.388 e. The van der Waals surface area contributed by atoms with Gasteiger partial charge in [0, 0.05) is 12.1 Å². The van der Waals surface area contributed by atoms with E-state index in [1.807, 2.05) is 0 Å². The van der Waals surface area contributed by atoms with E-state index in [0.29, 0.717) is 12.8 Å². The molecule has 6 heteroatoms. The average molecular weight is 287 g/mol. The van der Waals surface area contributed by atoms with E-state index in [4.69, 9.17) is 0 Å². The first-order chi connectivity index (χ1) is 9.30. The Hall–Kier alpha value is -1.56. The van der Waals surface area contributed by atoms with Crippen LogP contribution in [0.15, 0.2) is 24.3 Å².